The van der Waals surface area contributed by atoms with Crippen LogP contribution in [0.2, 0.25) is 0 Å². The molecule has 24 heavy (non-hydrogen) atoms. The van der Waals surface area contributed by atoms with E-state index in [1.165, 1.54) is 12.1 Å². The molecule has 0 heterocycles. The Kier molecular flexibility index (Phi) is 5.07. The van der Waals surface area contributed by atoms with Gasteiger partial charge in [0.25, 0.3) is 0 Å². The van der Waals surface area contributed by atoms with Gasteiger partial charge in [-0.15, -0.1) is 0 Å². The Labute approximate surface area is 142 Å². The first-order valence-corrected chi connectivity index (χ1v) is 8.09. The predicted molar refractivity (Wildman–Crippen MR) is 96.4 cm³/mol. The second-order valence-corrected chi connectivity index (χ2v) is 5.88. The highest BCUT2D eigenvalue weighted by molar-refractivity contribution is 5.93. The summed E-state index contributed by atoms with van der Waals surface area (Å²) in [5.74, 6) is -0.496. The van der Waals surface area contributed by atoms with Crippen LogP contribution in [-0.4, -0.2) is 20.4 Å². The largest absolute Gasteiger partial charge is 0.504 e. The first-order valence-electron chi connectivity index (χ1n) is 8.09. The molecule has 0 aliphatic heterocycles. The maximum Gasteiger partial charge on any atom is 0.160 e. The number of hydrogen-bond donors (Lipinski definition) is 4. The summed E-state index contributed by atoms with van der Waals surface area (Å²) in [7, 11) is 0. The predicted octanol–water partition coefficient (Wildman–Crippen LogP) is 4.86. The minimum absolute atomic E-state index is 0.112. The fourth-order valence-electron chi connectivity index (χ4n) is 3.16. The molecule has 0 unspecified atom stereocenters. The Hall–Kier alpha value is -2.62. The topological polar surface area (TPSA) is 80.9 Å². The van der Waals surface area contributed by atoms with Crippen LogP contribution in [0.25, 0.3) is 11.1 Å². The summed E-state index contributed by atoms with van der Waals surface area (Å²) >= 11 is 0. The van der Waals surface area contributed by atoms with Crippen LogP contribution in [0.4, 0.5) is 0 Å². The van der Waals surface area contributed by atoms with Crippen molar-refractivity contribution in [2.24, 2.45) is 0 Å². The standard InChI is InChI=1S/C20H24O4/c1-5-13(15-7-9-17(21)19(23)11(15)3)14(6-2)16-8-10-18(22)20(24)12(16)4/h7-10,21-24H,5-6H2,1-4H3. The summed E-state index contributed by atoms with van der Waals surface area (Å²) in [6, 6.07) is 6.58. The van der Waals surface area contributed by atoms with Crippen LogP contribution in [0.1, 0.15) is 48.9 Å². The van der Waals surface area contributed by atoms with Gasteiger partial charge >= 0.3 is 0 Å². The van der Waals surface area contributed by atoms with Crippen molar-refractivity contribution in [2.75, 3.05) is 0 Å². The summed E-state index contributed by atoms with van der Waals surface area (Å²) in [4.78, 5) is 0. The number of rotatable bonds is 4. The Bertz CT molecular complexity index is 736. The van der Waals surface area contributed by atoms with Gasteiger partial charge in [0.05, 0.1) is 0 Å². The second-order valence-electron chi connectivity index (χ2n) is 5.88. The molecule has 4 N–H and O–H groups in total. The van der Waals surface area contributed by atoms with E-state index in [1.54, 1.807) is 26.0 Å². The molecule has 0 atom stereocenters. The summed E-state index contributed by atoms with van der Waals surface area (Å²) < 4.78 is 0. The Morgan fingerprint density at radius 3 is 1.29 bits per heavy atom. The van der Waals surface area contributed by atoms with Crippen LogP contribution in [0.15, 0.2) is 24.3 Å². The van der Waals surface area contributed by atoms with Gasteiger partial charge in [-0.2, -0.15) is 0 Å². The zero-order valence-electron chi connectivity index (χ0n) is 14.5. The van der Waals surface area contributed by atoms with Crippen molar-refractivity contribution in [3.8, 4) is 23.0 Å². The van der Waals surface area contributed by atoms with E-state index in [2.05, 4.69) is 0 Å². The smallest absolute Gasteiger partial charge is 0.160 e. The van der Waals surface area contributed by atoms with Crippen LogP contribution in [0, 0.1) is 13.8 Å². The summed E-state index contributed by atoms with van der Waals surface area (Å²) in [5.41, 5.74) is 5.07. The van der Waals surface area contributed by atoms with Crippen molar-refractivity contribution in [3.63, 3.8) is 0 Å². The minimum Gasteiger partial charge on any atom is -0.504 e. The van der Waals surface area contributed by atoms with Gasteiger partial charge < -0.3 is 20.4 Å². The van der Waals surface area contributed by atoms with Crippen LogP contribution >= 0.6 is 0 Å². The van der Waals surface area contributed by atoms with Crippen molar-refractivity contribution in [3.05, 3.63) is 46.5 Å². The van der Waals surface area contributed by atoms with Crippen molar-refractivity contribution in [1.29, 1.82) is 0 Å². The average Bonchev–Trinajstić information content (AvgIpc) is 2.57. The molecule has 0 aliphatic rings. The number of aromatic hydroxyl groups is 4. The molecule has 0 aromatic heterocycles. The molecular formula is C20H24O4. The number of allylic oxidation sites excluding steroid dienone is 2. The monoisotopic (exact) mass is 328 g/mol. The molecule has 4 heteroatoms. The third-order valence-electron chi connectivity index (χ3n) is 4.54. The van der Waals surface area contributed by atoms with E-state index in [4.69, 9.17) is 0 Å². The van der Waals surface area contributed by atoms with E-state index in [1.807, 2.05) is 13.8 Å². The molecule has 4 nitrogen and oxygen atoms in total. The number of benzene rings is 2. The fourth-order valence-corrected chi connectivity index (χ4v) is 3.16. The lowest BCUT2D eigenvalue weighted by molar-refractivity contribution is 0.401. The SMILES string of the molecule is CCC(=C(CC)c1ccc(O)c(O)c1C)c1ccc(O)c(O)c1C. The molecule has 0 saturated heterocycles. The highest BCUT2D eigenvalue weighted by Crippen LogP contribution is 2.41. The molecule has 0 bridgehead atoms. The van der Waals surface area contributed by atoms with Gasteiger partial charge in [-0.25, -0.2) is 0 Å². The summed E-state index contributed by atoms with van der Waals surface area (Å²) in [5, 5.41) is 39.4. The van der Waals surface area contributed by atoms with Gasteiger partial charge in [-0.3, -0.25) is 0 Å². The zero-order valence-corrected chi connectivity index (χ0v) is 14.5. The summed E-state index contributed by atoms with van der Waals surface area (Å²) in [6.07, 6.45) is 1.46. The Morgan fingerprint density at radius 2 is 1.00 bits per heavy atom. The normalized spacial score (nSPS) is 12.2. The van der Waals surface area contributed by atoms with Crippen molar-refractivity contribution in [1.82, 2.24) is 0 Å². The maximum absolute atomic E-state index is 10.0. The first-order chi connectivity index (χ1) is 11.3. The number of phenols is 4. The highest BCUT2D eigenvalue weighted by Gasteiger charge is 2.17. The molecule has 2 rings (SSSR count). The van der Waals surface area contributed by atoms with E-state index < -0.39 is 0 Å². The van der Waals surface area contributed by atoms with Crippen LogP contribution in [-0.2, 0) is 0 Å². The number of hydrogen-bond acceptors (Lipinski definition) is 4. The van der Waals surface area contributed by atoms with E-state index in [0.717, 1.165) is 35.1 Å². The van der Waals surface area contributed by atoms with E-state index in [9.17, 15) is 20.4 Å². The lowest BCUT2D eigenvalue weighted by Crippen LogP contribution is -1.97. The Morgan fingerprint density at radius 1 is 0.667 bits per heavy atom. The van der Waals surface area contributed by atoms with Crippen LogP contribution in [0.5, 0.6) is 23.0 Å². The van der Waals surface area contributed by atoms with Crippen molar-refractivity contribution < 1.29 is 20.4 Å². The van der Waals surface area contributed by atoms with Crippen LogP contribution in [0.3, 0.4) is 0 Å². The van der Waals surface area contributed by atoms with E-state index in [0.29, 0.717) is 11.1 Å². The molecule has 0 amide bonds. The van der Waals surface area contributed by atoms with E-state index in [-0.39, 0.29) is 23.0 Å². The van der Waals surface area contributed by atoms with Crippen molar-refractivity contribution in [2.45, 2.75) is 40.5 Å². The molecule has 2 aromatic rings. The van der Waals surface area contributed by atoms with Gasteiger partial charge in [0.1, 0.15) is 0 Å². The molecule has 0 aliphatic carbocycles. The highest BCUT2D eigenvalue weighted by atomic mass is 16.3. The molecule has 2 aromatic carbocycles. The molecule has 0 saturated carbocycles. The lowest BCUT2D eigenvalue weighted by Gasteiger charge is -2.19. The van der Waals surface area contributed by atoms with Gasteiger partial charge in [0, 0.05) is 11.1 Å². The van der Waals surface area contributed by atoms with E-state index >= 15 is 0 Å². The molecule has 0 fully saturated rings. The second kappa shape index (κ2) is 6.87. The third kappa shape index (κ3) is 2.92. The number of phenolic OH excluding ortho intramolecular Hbond substituents is 4. The minimum atomic E-state index is -0.136. The molecule has 0 spiro atoms. The van der Waals surface area contributed by atoms with Gasteiger partial charge in [0.15, 0.2) is 23.0 Å². The van der Waals surface area contributed by atoms with Gasteiger partial charge in [-0.1, -0.05) is 26.0 Å². The average molecular weight is 328 g/mol. The molecule has 128 valence electrons. The van der Waals surface area contributed by atoms with Crippen LogP contribution < -0.4 is 0 Å². The fraction of sp³-hybridized carbons (Fsp3) is 0.300. The lowest BCUT2D eigenvalue weighted by atomic mass is 9.87. The first kappa shape index (κ1) is 17.7. The van der Waals surface area contributed by atoms with Gasteiger partial charge in [0.2, 0.25) is 0 Å². The van der Waals surface area contributed by atoms with Crippen molar-refractivity contribution >= 4 is 11.1 Å². The molecule has 0 radical (unpaired) electrons. The zero-order chi connectivity index (χ0) is 18.0. The quantitative estimate of drug-likeness (QED) is 0.477. The van der Waals surface area contributed by atoms with Gasteiger partial charge in [-0.05, 0) is 61.1 Å². The Balaban J connectivity index is 2.77. The maximum atomic E-state index is 10.0. The third-order valence-corrected chi connectivity index (χ3v) is 4.54. The summed E-state index contributed by atoms with van der Waals surface area (Å²) in [6.45, 7) is 7.61. The molecular weight excluding hydrogens is 304 g/mol.